The lowest BCUT2D eigenvalue weighted by atomic mass is 9.89. The summed E-state index contributed by atoms with van der Waals surface area (Å²) in [5.74, 6) is 1.04. The van der Waals surface area contributed by atoms with Crippen LogP contribution in [0.5, 0.6) is 0 Å². The molecule has 0 saturated carbocycles. The average molecular weight is 190 g/mol. The second-order valence-electron chi connectivity index (χ2n) is 3.77. The quantitative estimate of drug-likeness (QED) is 0.637. The zero-order valence-corrected chi connectivity index (χ0v) is 8.32. The molecule has 1 atom stereocenters. The predicted octanol–water partition coefficient (Wildman–Crippen LogP) is 2.77. The molecule has 2 rings (SSSR count). The number of hydrogen-bond acceptors (Lipinski definition) is 2. The van der Waals surface area contributed by atoms with E-state index in [1.54, 1.807) is 6.92 Å². The van der Waals surface area contributed by atoms with Crippen molar-refractivity contribution in [3.63, 3.8) is 0 Å². The highest BCUT2D eigenvalue weighted by molar-refractivity contribution is 5.18. The molecule has 0 fully saturated rings. The van der Waals surface area contributed by atoms with Gasteiger partial charge in [-0.05, 0) is 44.2 Å². The summed E-state index contributed by atoms with van der Waals surface area (Å²) in [7, 11) is 0. The largest absolute Gasteiger partial charge is 0.428 e. The first kappa shape index (κ1) is 9.25. The highest BCUT2D eigenvalue weighted by atomic mass is 16.4. The molecule has 2 nitrogen and oxygen atoms in total. The van der Waals surface area contributed by atoms with Gasteiger partial charge in [-0.25, -0.2) is 4.79 Å². The Hall–Kier alpha value is -1.31. The van der Waals surface area contributed by atoms with Gasteiger partial charge in [0, 0.05) is 5.56 Å². The molecule has 0 spiro atoms. The Kier molecular flexibility index (Phi) is 2.53. The Bertz CT molecular complexity index is 401. The molecule has 14 heavy (non-hydrogen) atoms. The lowest BCUT2D eigenvalue weighted by Crippen LogP contribution is -2.13. The van der Waals surface area contributed by atoms with Crippen molar-refractivity contribution in [2.75, 3.05) is 0 Å². The molecule has 1 aromatic heterocycles. The van der Waals surface area contributed by atoms with E-state index in [0.29, 0.717) is 11.7 Å². The first-order chi connectivity index (χ1) is 6.77. The Morgan fingerprint density at radius 2 is 2.21 bits per heavy atom. The van der Waals surface area contributed by atoms with Crippen LogP contribution in [0.3, 0.4) is 0 Å². The topological polar surface area (TPSA) is 30.2 Å². The minimum absolute atomic E-state index is 0.162. The third-order valence-electron chi connectivity index (χ3n) is 2.70. The van der Waals surface area contributed by atoms with E-state index in [2.05, 4.69) is 12.2 Å². The molecule has 0 N–H and O–H groups in total. The summed E-state index contributed by atoms with van der Waals surface area (Å²) in [6, 6.07) is 3.78. The molecule has 0 amide bonds. The van der Waals surface area contributed by atoms with Crippen LogP contribution in [-0.2, 0) is 0 Å². The average Bonchev–Trinajstić information content (AvgIpc) is 2.19. The van der Waals surface area contributed by atoms with Crippen molar-refractivity contribution in [2.24, 2.45) is 0 Å². The van der Waals surface area contributed by atoms with Crippen LogP contribution in [0.4, 0.5) is 0 Å². The van der Waals surface area contributed by atoms with E-state index in [1.165, 1.54) is 0 Å². The van der Waals surface area contributed by atoms with Gasteiger partial charge in [0.05, 0.1) is 0 Å². The SMILES string of the molecule is Cc1ccc([C@@H]2CC=CCC2)c(=O)o1. The predicted molar refractivity (Wildman–Crippen MR) is 55.4 cm³/mol. The molecule has 0 aliphatic heterocycles. The molecule has 0 unspecified atom stereocenters. The number of aryl methyl sites for hydroxylation is 1. The summed E-state index contributed by atoms with van der Waals surface area (Å²) in [5, 5.41) is 0. The Morgan fingerprint density at radius 3 is 2.86 bits per heavy atom. The number of allylic oxidation sites excluding steroid dienone is 2. The zero-order chi connectivity index (χ0) is 9.97. The van der Waals surface area contributed by atoms with Crippen LogP contribution >= 0.6 is 0 Å². The number of hydrogen-bond donors (Lipinski definition) is 0. The molecule has 1 heterocycles. The molecule has 1 aliphatic carbocycles. The summed E-state index contributed by atoms with van der Waals surface area (Å²) < 4.78 is 5.08. The second kappa shape index (κ2) is 3.82. The summed E-state index contributed by atoms with van der Waals surface area (Å²) in [6.07, 6.45) is 7.41. The summed E-state index contributed by atoms with van der Waals surface area (Å²) in [5.41, 5.74) is 0.672. The smallest absolute Gasteiger partial charge is 0.339 e. The first-order valence-corrected chi connectivity index (χ1v) is 5.03. The van der Waals surface area contributed by atoms with Crippen molar-refractivity contribution in [2.45, 2.75) is 32.1 Å². The van der Waals surface area contributed by atoms with Gasteiger partial charge in [-0.1, -0.05) is 12.2 Å². The van der Waals surface area contributed by atoms with Gasteiger partial charge in [0.15, 0.2) is 0 Å². The number of rotatable bonds is 1. The maximum absolute atomic E-state index is 11.5. The van der Waals surface area contributed by atoms with Crippen molar-refractivity contribution in [1.82, 2.24) is 0 Å². The monoisotopic (exact) mass is 190 g/mol. The van der Waals surface area contributed by atoms with Crippen LogP contribution in [0, 0.1) is 6.92 Å². The van der Waals surface area contributed by atoms with Gasteiger partial charge in [-0.3, -0.25) is 0 Å². The van der Waals surface area contributed by atoms with E-state index in [4.69, 9.17) is 4.42 Å². The standard InChI is InChI=1S/C12H14O2/c1-9-7-8-11(12(13)14-9)10-5-3-2-4-6-10/h2-3,7-8,10H,4-6H2,1H3/t10-/m1/s1. The van der Waals surface area contributed by atoms with E-state index >= 15 is 0 Å². The minimum Gasteiger partial charge on any atom is -0.428 e. The fraction of sp³-hybridized carbons (Fsp3) is 0.417. The Morgan fingerprint density at radius 1 is 1.36 bits per heavy atom. The lowest BCUT2D eigenvalue weighted by molar-refractivity contribution is 0.458. The van der Waals surface area contributed by atoms with E-state index in [-0.39, 0.29) is 5.63 Å². The van der Waals surface area contributed by atoms with Crippen LogP contribution in [-0.4, -0.2) is 0 Å². The lowest BCUT2D eigenvalue weighted by Gasteiger charge is -2.16. The van der Waals surface area contributed by atoms with Crippen molar-refractivity contribution in [1.29, 1.82) is 0 Å². The third-order valence-corrected chi connectivity index (χ3v) is 2.70. The highest BCUT2D eigenvalue weighted by Gasteiger charge is 2.16. The van der Waals surface area contributed by atoms with Crippen molar-refractivity contribution in [3.05, 3.63) is 46.0 Å². The Balaban J connectivity index is 2.32. The molecule has 0 aromatic carbocycles. The summed E-state index contributed by atoms with van der Waals surface area (Å²) >= 11 is 0. The fourth-order valence-electron chi connectivity index (χ4n) is 1.89. The summed E-state index contributed by atoms with van der Waals surface area (Å²) in [4.78, 5) is 11.5. The van der Waals surface area contributed by atoms with Crippen molar-refractivity contribution < 1.29 is 4.42 Å². The maximum Gasteiger partial charge on any atom is 0.339 e. The molecular weight excluding hydrogens is 176 g/mol. The minimum atomic E-state index is -0.162. The second-order valence-corrected chi connectivity index (χ2v) is 3.77. The van der Waals surface area contributed by atoms with Crippen molar-refractivity contribution in [3.8, 4) is 0 Å². The van der Waals surface area contributed by atoms with Gasteiger partial charge in [-0.2, -0.15) is 0 Å². The van der Waals surface area contributed by atoms with Crippen LogP contribution in [0.25, 0.3) is 0 Å². The van der Waals surface area contributed by atoms with Gasteiger partial charge in [0.25, 0.3) is 0 Å². The molecular formula is C12H14O2. The van der Waals surface area contributed by atoms with Crippen molar-refractivity contribution >= 4 is 0 Å². The highest BCUT2D eigenvalue weighted by Crippen LogP contribution is 2.26. The van der Waals surface area contributed by atoms with Crippen LogP contribution in [0.2, 0.25) is 0 Å². The van der Waals surface area contributed by atoms with E-state index in [0.717, 1.165) is 24.8 Å². The van der Waals surface area contributed by atoms with Crippen LogP contribution in [0.1, 0.15) is 36.5 Å². The molecule has 0 bridgehead atoms. The fourth-order valence-corrected chi connectivity index (χ4v) is 1.89. The molecule has 1 aliphatic rings. The van der Waals surface area contributed by atoms with Gasteiger partial charge >= 0.3 is 5.63 Å². The normalized spacial score (nSPS) is 21.1. The third kappa shape index (κ3) is 1.79. The van der Waals surface area contributed by atoms with E-state index < -0.39 is 0 Å². The molecule has 0 saturated heterocycles. The van der Waals surface area contributed by atoms with Gasteiger partial charge in [0.2, 0.25) is 0 Å². The molecule has 0 radical (unpaired) electrons. The molecule has 1 aromatic rings. The van der Waals surface area contributed by atoms with Gasteiger partial charge in [0.1, 0.15) is 5.76 Å². The zero-order valence-electron chi connectivity index (χ0n) is 8.32. The molecule has 2 heteroatoms. The van der Waals surface area contributed by atoms with Crippen LogP contribution < -0.4 is 5.63 Å². The first-order valence-electron chi connectivity index (χ1n) is 5.03. The van der Waals surface area contributed by atoms with Gasteiger partial charge in [-0.15, -0.1) is 0 Å². The van der Waals surface area contributed by atoms with Crippen LogP contribution in [0.15, 0.2) is 33.5 Å². The Labute approximate surface area is 83.3 Å². The molecule has 74 valence electrons. The van der Waals surface area contributed by atoms with E-state index in [1.807, 2.05) is 12.1 Å². The maximum atomic E-state index is 11.5. The van der Waals surface area contributed by atoms with E-state index in [9.17, 15) is 4.79 Å². The summed E-state index contributed by atoms with van der Waals surface area (Å²) in [6.45, 7) is 1.80. The van der Waals surface area contributed by atoms with Gasteiger partial charge < -0.3 is 4.42 Å².